The van der Waals surface area contributed by atoms with E-state index in [9.17, 15) is 0 Å². The minimum absolute atomic E-state index is 1.06. The molecule has 316 valence electrons. The number of rotatable bonds is 34. The average molecular weight is 829 g/mol. The van der Waals surface area contributed by atoms with Crippen LogP contribution in [0.1, 0.15) is 228 Å². The fraction of sp³-hybridized carbons (Fsp3) is 0.654. The summed E-state index contributed by atoms with van der Waals surface area (Å²) < 4.78 is 9.81. The van der Waals surface area contributed by atoms with Gasteiger partial charge in [0.2, 0.25) is 0 Å². The van der Waals surface area contributed by atoms with Gasteiger partial charge in [0.05, 0.1) is 11.7 Å². The number of fused-ring (bicyclic) bond motifs is 1. The van der Waals surface area contributed by atoms with Gasteiger partial charge in [-0.2, -0.15) is 8.75 Å². The van der Waals surface area contributed by atoms with E-state index in [0.29, 0.717) is 0 Å². The zero-order valence-electron chi connectivity index (χ0n) is 37.0. The number of aromatic nitrogens is 2. The van der Waals surface area contributed by atoms with E-state index in [1.807, 2.05) is 22.7 Å². The Labute approximate surface area is 362 Å². The first-order valence-corrected chi connectivity index (χ1v) is 26.3. The molecule has 0 aliphatic carbocycles. The number of benzene rings is 1. The number of aryl methyl sites for hydroxylation is 2. The lowest BCUT2D eigenvalue weighted by Crippen LogP contribution is -1.87. The van der Waals surface area contributed by atoms with E-state index in [1.54, 1.807) is 0 Å². The Kier molecular flexibility index (Phi) is 25.1. The minimum atomic E-state index is 1.06. The summed E-state index contributed by atoms with van der Waals surface area (Å²) in [6.07, 6.45) is 50.7. The van der Waals surface area contributed by atoms with Gasteiger partial charge in [-0.15, -0.1) is 22.7 Å². The maximum atomic E-state index is 4.90. The SMILES string of the molecule is C/C=C/c1sc(-c2ccc(-c3cc(CCCCCCCCCCCCCCCC)c(/C=C/C)s3)c3nsnc23)cc1CCCCCCCCCCCCCCCC. The molecule has 4 rings (SSSR count). The lowest BCUT2D eigenvalue weighted by atomic mass is 10.0. The van der Waals surface area contributed by atoms with Crippen molar-refractivity contribution in [2.24, 2.45) is 0 Å². The summed E-state index contributed by atoms with van der Waals surface area (Å²) in [7, 11) is 0. The van der Waals surface area contributed by atoms with Crippen molar-refractivity contribution in [1.29, 1.82) is 0 Å². The Morgan fingerprint density at radius 1 is 0.421 bits per heavy atom. The zero-order chi connectivity index (χ0) is 40.2. The van der Waals surface area contributed by atoms with Crippen molar-refractivity contribution in [3.8, 4) is 20.9 Å². The molecule has 0 spiro atoms. The highest BCUT2D eigenvalue weighted by atomic mass is 32.1. The topological polar surface area (TPSA) is 25.8 Å². The third-order valence-corrected chi connectivity index (χ3v) is 14.7. The second-order valence-corrected chi connectivity index (χ2v) is 19.5. The summed E-state index contributed by atoms with van der Waals surface area (Å²) in [5.74, 6) is 0. The third kappa shape index (κ3) is 17.6. The number of thiophene rings is 2. The Balaban J connectivity index is 1.24. The van der Waals surface area contributed by atoms with Crippen molar-refractivity contribution in [2.75, 3.05) is 0 Å². The van der Waals surface area contributed by atoms with Gasteiger partial charge in [-0.3, -0.25) is 0 Å². The molecule has 2 nitrogen and oxygen atoms in total. The number of unbranched alkanes of at least 4 members (excludes halogenated alkanes) is 26. The minimum Gasteiger partial charge on any atom is -0.172 e. The highest BCUT2D eigenvalue weighted by Gasteiger charge is 2.19. The predicted molar refractivity (Wildman–Crippen MR) is 261 cm³/mol. The van der Waals surface area contributed by atoms with E-state index in [2.05, 4.69) is 76.3 Å². The van der Waals surface area contributed by atoms with Gasteiger partial charge in [-0.1, -0.05) is 205 Å². The van der Waals surface area contributed by atoms with Crippen LogP contribution >= 0.6 is 34.4 Å². The summed E-state index contributed by atoms with van der Waals surface area (Å²) in [5, 5.41) is 0. The third-order valence-electron chi connectivity index (χ3n) is 11.9. The van der Waals surface area contributed by atoms with Crippen molar-refractivity contribution >= 4 is 57.6 Å². The molecule has 0 atom stereocenters. The van der Waals surface area contributed by atoms with Crippen LogP contribution in [0, 0.1) is 0 Å². The van der Waals surface area contributed by atoms with E-state index >= 15 is 0 Å². The Bertz CT molecular complexity index is 1550. The van der Waals surface area contributed by atoms with Gasteiger partial charge in [0.25, 0.3) is 0 Å². The van der Waals surface area contributed by atoms with Crippen LogP contribution in [-0.4, -0.2) is 8.75 Å². The predicted octanol–water partition coefficient (Wildman–Crippen LogP) is 19.3. The van der Waals surface area contributed by atoms with Gasteiger partial charge in [0.1, 0.15) is 11.0 Å². The van der Waals surface area contributed by atoms with E-state index in [0.717, 1.165) is 23.9 Å². The van der Waals surface area contributed by atoms with Crippen molar-refractivity contribution in [3.63, 3.8) is 0 Å². The summed E-state index contributed by atoms with van der Waals surface area (Å²) in [5.41, 5.74) is 7.58. The van der Waals surface area contributed by atoms with Crippen LogP contribution < -0.4 is 0 Å². The Morgan fingerprint density at radius 3 is 1.02 bits per heavy atom. The van der Waals surface area contributed by atoms with Crippen molar-refractivity contribution in [1.82, 2.24) is 8.75 Å². The molecule has 0 saturated carbocycles. The molecule has 0 bridgehead atoms. The molecule has 0 aliphatic heterocycles. The molecule has 0 amide bonds. The maximum Gasteiger partial charge on any atom is 0.114 e. The standard InChI is InChI=1S/C52H80N2S3/c1-5-9-11-13-15-17-19-21-23-25-27-29-31-33-37-43-41-49(55-47(43)35-7-3)45-39-40-46(52-51(45)53-57-54-52)50-42-44(48(56-50)36-8-4)38-34-32-30-28-26-24-22-20-18-16-14-12-10-6-2/h7-8,35-36,39-42H,5-6,9-34,37-38H2,1-4H3/b35-7+,36-8+. The van der Waals surface area contributed by atoms with Gasteiger partial charge in [-0.05, 0) is 74.9 Å². The molecular formula is C52H80N2S3. The molecule has 0 aliphatic rings. The first-order chi connectivity index (χ1) is 28.2. The van der Waals surface area contributed by atoms with Crippen LogP contribution in [0.25, 0.3) is 44.1 Å². The van der Waals surface area contributed by atoms with Gasteiger partial charge >= 0.3 is 0 Å². The molecular weight excluding hydrogens is 749 g/mol. The zero-order valence-corrected chi connectivity index (χ0v) is 39.4. The van der Waals surface area contributed by atoms with E-state index in [-0.39, 0.29) is 0 Å². The molecule has 0 fully saturated rings. The van der Waals surface area contributed by atoms with Crippen LogP contribution in [0.3, 0.4) is 0 Å². The van der Waals surface area contributed by atoms with Crippen molar-refractivity contribution in [3.05, 3.63) is 57.3 Å². The summed E-state index contributed by atoms with van der Waals surface area (Å²) in [4.78, 5) is 5.47. The van der Waals surface area contributed by atoms with Crippen molar-refractivity contribution < 1.29 is 0 Å². The van der Waals surface area contributed by atoms with Crippen LogP contribution in [0.15, 0.2) is 36.4 Å². The molecule has 0 saturated heterocycles. The van der Waals surface area contributed by atoms with E-state index in [4.69, 9.17) is 8.75 Å². The van der Waals surface area contributed by atoms with Gasteiger partial charge in [0.15, 0.2) is 0 Å². The molecule has 3 heterocycles. The molecule has 3 aromatic heterocycles. The van der Waals surface area contributed by atoms with Gasteiger partial charge in [0, 0.05) is 30.6 Å². The van der Waals surface area contributed by atoms with Crippen LogP contribution in [0.5, 0.6) is 0 Å². The van der Waals surface area contributed by atoms with Crippen molar-refractivity contribution in [2.45, 2.75) is 220 Å². The van der Waals surface area contributed by atoms with E-state index in [1.165, 1.54) is 233 Å². The smallest absolute Gasteiger partial charge is 0.114 e. The quantitative estimate of drug-likeness (QED) is 0.0438. The van der Waals surface area contributed by atoms with Gasteiger partial charge < -0.3 is 0 Å². The second kappa shape index (κ2) is 30.0. The fourth-order valence-electron chi connectivity index (χ4n) is 8.41. The highest BCUT2D eigenvalue weighted by molar-refractivity contribution is 7.17. The molecule has 1 aromatic carbocycles. The molecule has 0 radical (unpaired) electrons. The van der Waals surface area contributed by atoms with Gasteiger partial charge in [-0.25, -0.2) is 0 Å². The number of allylic oxidation sites excluding steroid dienone is 2. The van der Waals surface area contributed by atoms with Crippen LogP contribution in [0.2, 0.25) is 0 Å². The van der Waals surface area contributed by atoms with Crippen LogP contribution in [-0.2, 0) is 12.8 Å². The summed E-state index contributed by atoms with van der Waals surface area (Å²) >= 11 is 5.20. The average Bonchev–Trinajstić information content (AvgIpc) is 3.97. The van der Waals surface area contributed by atoms with Crippen LogP contribution in [0.4, 0.5) is 0 Å². The summed E-state index contributed by atoms with van der Waals surface area (Å²) in [6.45, 7) is 8.89. The molecule has 4 aromatic rings. The maximum absolute atomic E-state index is 4.90. The molecule has 0 N–H and O–H groups in total. The number of nitrogens with zero attached hydrogens (tertiary/aromatic N) is 2. The lowest BCUT2D eigenvalue weighted by Gasteiger charge is -2.04. The number of hydrogen-bond acceptors (Lipinski definition) is 5. The first-order valence-electron chi connectivity index (χ1n) is 24.0. The normalized spacial score (nSPS) is 12.1. The summed E-state index contributed by atoms with van der Waals surface area (Å²) in [6, 6.07) is 9.56. The molecule has 5 heteroatoms. The largest absolute Gasteiger partial charge is 0.172 e. The Morgan fingerprint density at radius 2 is 0.719 bits per heavy atom. The van der Waals surface area contributed by atoms with E-state index < -0.39 is 0 Å². The Hall–Kier alpha value is -2.08. The second-order valence-electron chi connectivity index (χ2n) is 16.8. The molecule has 0 unspecified atom stereocenters. The first kappa shape index (κ1) is 47.6. The lowest BCUT2D eigenvalue weighted by molar-refractivity contribution is 0.535. The number of hydrogen-bond donors (Lipinski definition) is 0. The fourth-order valence-corrected chi connectivity index (χ4v) is 11.4. The monoisotopic (exact) mass is 829 g/mol. The molecule has 57 heavy (non-hydrogen) atoms. The highest BCUT2D eigenvalue weighted by Crippen LogP contribution is 2.42.